The second kappa shape index (κ2) is 6.70. The van der Waals surface area contributed by atoms with E-state index in [1.807, 2.05) is 37.3 Å². The number of benzene rings is 1. The maximum Gasteiger partial charge on any atom is 0.233 e. The normalized spacial score (nSPS) is 24.8. The summed E-state index contributed by atoms with van der Waals surface area (Å²) in [4.78, 5) is 14.8. The van der Waals surface area contributed by atoms with E-state index in [1.165, 1.54) is 0 Å². The number of hydrogen-bond acceptors (Lipinski definition) is 4. The largest absolute Gasteiger partial charge is 0.460 e. The van der Waals surface area contributed by atoms with Crippen LogP contribution >= 0.6 is 0 Å². The molecule has 0 N–H and O–H groups in total. The van der Waals surface area contributed by atoms with Crippen LogP contribution < -0.4 is 0 Å². The molecular weight excluding hydrogens is 352 g/mol. The van der Waals surface area contributed by atoms with E-state index in [-0.39, 0.29) is 23.6 Å². The number of furan rings is 1. The number of nitrogens with zero attached hydrogens (tertiary/aromatic N) is 2. The van der Waals surface area contributed by atoms with E-state index < -0.39 is 10.0 Å². The number of amides is 1. The summed E-state index contributed by atoms with van der Waals surface area (Å²) in [5.74, 6) is 0.515. The molecule has 2 aromatic rings. The smallest absolute Gasteiger partial charge is 0.233 e. The Morgan fingerprint density at radius 3 is 2.77 bits per heavy atom. The molecule has 0 bridgehead atoms. The molecule has 140 valence electrons. The second-order valence-corrected chi connectivity index (χ2v) is 9.31. The van der Waals surface area contributed by atoms with E-state index >= 15 is 0 Å². The first-order valence-corrected chi connectivity index (χ1v) is 10.8. The van der Waals surface area contributed by atoms with Gasteiger partial charge in [-0.1, -0.05) is 18.2 Å². The Balaban J connectivity index is 1.50. The lowest BCUT2D eigenvalue weighted by molar-refractivity contribution is -0.134. The lowest BCUT2D eigenvalue weighted by atomic mass is 10.0. The topological polar surface area (TPSA) is 70.8 Å². The van der Waals surface area contributed by atoms with E-state index in [1.54, 1.807) is 9.21 Å². The van der Waals surface area contributed by atoms with Crippen LogP contribution in [0.1, 0.15) is 37.9 Å². The molecule has 2 aliphatic heterocycles. The van der Waals surface area contributed by atoms with Crippen molar-refractivity contribution in [1.29, 1.82) is 0 Å². The van der Waals surface area contributed by atoms with Crippen molar-refractivity contribution in [2.75, 3.05) is 25.4 Å². The Hall–Kier alpha value is -1.86. The molecule has 3 heterocycles. The van der Waals surface area contributed by atoms with Gasteiger partial charge in [-0.2, -0.15) is 4.31 Å². The highest BCUT2D eigenvalue weighted by molar-refractivity contribution is 7.89. The minimum absolute atomic E-state index is 0.00495. The van der Waals surface area contributed by atoms with Crippen LogP contribution in [0.3, 0.4) is 0 Å². The van der Waals surface area contributed by atoms with E-state index in [4.69, 9.17) is 4.42 Å². The number of piperidine rings is 1. The molecule has 0 aliphatic carbocycles. The Morgan fingerprint density at radius 2 is 2.04 bits per heavy atom. The molecule has 6 nitrogen and oxygen atoms in total. The number of likely N-dealkylation sites (tertiary alicyclic amines) is 1. The lowest BCUT2D eigenvalue weighted by Gasteiger charge is -2.37. The van der Waals surface area contributed by atoms with Gasteiger partial charge in [-0.25, -0.2) is 8.42 Å². The molecule has 2 saturated heterocycles. The van der Waals surface area contributed by atoms with Crippen molar-refractivity contribution < 1.29 is 17.6 Å². The Labute approximate surface area is 153 Å². The molecule has 1 amide bonds. The van der Waals surface area contributed by atoms with E-state index in [9.17, 15) is 13.2 Å². The zero-order valence-corrected chi connectivity index (χ0v) is 15.7. The second-order valence-electron chi connectivity index (χ2n) is 7.27. The molecule has 0 spiro atoms. The fraction of sp³-hybridized carbons (Fsp3) is 0.526. The van der Waals surface area contributed by atoms with E-state index in [0.717, 1.165) is 23.8 Å². The summed E-state index contributed by atoms with van der Waals surface area (Å²) in [7, 11) is -3.15. The van der Waals surface area contributed by atoms with Gasteiger partial charge in [0, 0.05) is 31.1 Å². The van der Waals surface area contributed by atoms with Crippen LogP contribution in [0, 0.1) is 0 Å². The van der Waals surface area contributed by atoms with Crippen LogP contribution in [0.15, 0.2) is 34.7 Å². The zero-order chi connectivity index (χ0) is 18.3. The summed E-state index contributed by atoms with van der Waals surface area (Å²) in [6.07, 6.45) is 2.33. The van der Waals surface area contributed by atoms with Gasteiger partial charge < -0.3 is 9.32 Å². The summed E-state index contributed by atoms with van der Waals surface area (Å²) in [6.45, 7) is 3.58. The highest BCUT2D eigenvalue weighted by Crippen LogP contribution is 2.29. The molecule has 1 aromatic carbocycles. The van der Waals surface area contributed by atoms with Gasteiger partial charge in [-0.05, 0) is 38.3 Å². The van der Waals surface area contributed by atoms with Crippen LogP contribution in [0.2, 0.25) is 0 Å². The third-order valence-electron chi connectivity index (χ3n) is 5.50. The number of carbonyl (C=O) groups excluding carboxylic acids is 1. The number of para-hydroxylation sites is 1. The summed E-state index contributed by atoms with van der Waals surface area (Å²) in [6, 6.07) is 9.54. The van der Waals surface area contributed by atoms with Crippen LogP contribution in [-0.2, 0) is 14.8 Å². The average Bonchev–Trinajstić information content (AvgIpc) is 3.23. The van der Waals surface area contributed by atoms with E-state index in [0.29, 0.717) is 31.8 Å². The van der Waals surface area contributed by atoms with Crippen LogP contribution in [-0.4, -0.2) is 55.0 Å². The van der Waals surface area contributed by atoms with E-state index in [2.05, 4.69) is 0 Å². The van der Waals surface area contributed by atoms with Gasteiger partial charge in [-0.3, -0.25) is 4.79 Å². The van der Waals surface area contributed by atoms with Gasteiger partial charge in [0.2, 0.25) is 15.9 Å². The van der Waals surface area contributed by atoms with Crippen molar-refractivity contribution in [1.82, 2.24) is 9.21 Å². The number of fused-ring (bicyclic) bond motifs is 1. The van der Waals surface area contributed by atoms with Crippen molar-refractivity contribution in [3.8, 4) is 0 Å². The van der Waals surface area contributed by atoms with Crippen LogP contribution in [0.4, 0.5) is 0 Å². The molecule has 0 saturated carbocycles. The standard InChI is InChI=1S/C19H24N2O4S/c1-14(18-12-15-6-2-3-8-17(15)25-18)19(22)20-9-4-7-16(13-20)21-10-5-11-26(21,23)24/h2-3,6,8,12,14,16H,4-5,7,9-11,13H2,1H3/t14-,16+/m0/s1. The molecular formula is C19H24N2O4S. The number of hydrogen-bond donors (Lipinski definition) is 0. The van der Waals surface area contributed by atoms with Crippen molar-refractivity contribution >= 4 is 26.9 Å². The van der Waals surface area contributed by atoms with Crippen LogP contribution in [0.5, 0.6) is 0 Å². The summed E-state index contributed by atoms with van der Waals surface area (Å²) in [5.41, 5.74) is 0.779. The highest BCUT2D eigenvalue weighted by atomic mass is 32.2. The van der Waals surface area contributed by atoms with Crippen molar-refractivity contribution in [2.24, 2.45) is 0 Å². The molecule has 0 radical (unpaired) electrons. The lowest BCUT2D eigenvalue weighted by Crippen LogP contribution is -2.51. The molecule has 4 rings (SSSR count). The van der Waals surface area contributed by atoms with Gasteiger partial charge in [0.1, 0.15) is 11.3 Å². The predicted octanol–water partition coefficient (Wildman–Crippen LogP) is 2.56. The van der Waals surface area contributed by atoms with Gasteiger partial charge in [-0.15, -0.1) is 0 Å². The third-order valence-corrected chi connectivity index (χ3v) is 7.50. The molecule has 7 heteroatoms. The minimum Gasteiger partial charge on any atom is -0.460 e. The first-order chi connectivity index (χ1) is 12.5. The fourth-order valence-electron chi connectivity index (χ4n) is 4.07. The fourth-order valence-corrected chi connectivity index (χ4v) is 5.83. The van der Waals surface area contributed by atoms with Gasteiger partial charge in [0.15, 0.2) is 0 Å². The Morgan fingerprint density at radius 1 is 1.23 bits per heavy atom. The molecule has 26 heavy (non-hydrogen) atoms. The molecule has 2 aliphatic rings. The maximum atomic E-state index is 13.0. The quantitative estimate of drug-likeness (QED) is 0.825. The van der Waals surface area contributed by atoms with Gasteiger partial charge >= 0.3 is 0 Å². The predicted molar refractivity (Wildman–Crippen MR) is 99.3 cm³/mol. The molecule has 2 atom stereocenters. The van der Waals surface area contributed by atoms with Gasteiger partial charge in [0.25, 0.3) is 0 Å². The van der Waals surface area contributed by atoms with Crippen LogP contribution in [0.25, 0.3) is 11.0 Å². The first kappa shape index (κ1) is 17.5. The zero-order valence-electron chi connectivity index (χ0n) is 14.9. The molecule has 2 fully saturated rings. The number of sulfonamides is 1. The maximum absolute atomic E-state index is 13.0. The number of carbonyl (C=O) groups is 1. The Kier molecular flexibility index (Phi) is 4.52. The SMILES string of the molecule is C[C@H](C(=O)N1CCC[C@@H](N2CCCS2(=O)=O)C1)c1cc2ccccc2o1. The Bertz CT molecular complexity index is 888. The third kappa shape index (κ3) is 3.14. The minimum atomic E-state index is -3.15. The summed E-state index contributed by atoms with van der Waals surface area (Å²) in [5, 5.41) is 0.988. The molecule has 1 aromatic heterocycles. The summed E-state index contributed by atoms with van der Waals surface area (Å²) >= 11 is 0. The van der Waals surface area contributed by atoms with Crippen molar-refractivity contribution in [3.63, 3.8) is 0 Å². The number of rotatable bonds is 3. The first-order valence-electron chi connectivity index (χ1n) is 9.22. The van der Waals surface area contributed by atoms with Crippen molar-refractivity contribution in [2.45, 2.75) is 38.1 Å². The molecule has 0 unspecified atom stereocenters. The summed E-state index contributed by atoms with van der Waals surface area (Å²) < 4.78 is 31.9. The monoisotopic (exact) mass is 376 g/mol. The highest BCUT2D eigenvalue weighted by Gasteiger charge is 2.38. The van der Waals surface area contributed by atoms with Gasteiger partial charge in [0.05, 0.1) is 11.7 Å². The van der Waals surface area contributed by atoms with Crippen molar-refractivity contribution in [3.05, 3.63) is 36.1 Å². The average molecular weight is 376 g/mol.